The van der Waals surface area contributed by atoms with Crippen molar-refractivity contribution in [2.45, 2.75) is 32.5 Å². The lowest BCUT2D eigenvalue weighted by Crippen LogP contribution is -2.54. The van der Waals surface area contributed by atoms with Gasteiger partial charge in [-0.2, -0.15) is 13.2 Å². The molecule has 1 saturated heterocycles. The summed E-state index contributed by atoms with van der Waals surface area (Å²) in [6.07, 6.45) is -3.10. The predicted octanol–water partition coefficient (Wildman–Crippen LogP) is 2.30. The first-order valence-corrected chi connectivity index (χ1v) is 6.69. The fourth-order valence-corrected chi connectivity index (χ4v) is 2.40. The van der Waals surface area contributed by atoms with Crippen molar-refractivity contribution < 1.29 is 18.0 Å². The number of carbonyl (C=O) groups excluding carboxylic acids is 1. The Bertz CT molecular complexity index is 525. The molecule has 2 heterocycles. The van der Waals surface area contributed by atoms with Crippen molar-refractivity contribution in [2.24, 2.45) is 11.1 Å². The summed E-state index contributed by atoms with van der Waals surface area (Å²) in [7, 11) is 0. The molecule has 1 unspecified atom stereocenters. The molecule has 2 N–H and O–H groups in total. The van der Waals surface area contributed by atoms with Gasteiger partial charge in [0, 0.05) is 25.3 Å². The Kier molecular flexibility index (Phi) is 3.97. The average molecular weight is 301 g/mol. The van der Waals surface area contributed by atoms with Gasteiger partial charge in [-0.3, -0.25) is 9.78 Å². The molecule has 1 aliphatic rings. The van der Waals surface area contributed by atoms with E-state index in [0.717, 1.165) is 12.1 Å². The summed E-state index contributed by atoms with van der Waals surface area (Å²) in [5.41, 5.74) is 4.94. The second-order valence-electron chi connectivity index (χ2n) is 6.04. The summed E-state index contributed by atoms with van der Waals surface area (Å²) in [4.78, 5) is 17.5. The van der Waals surface area contributed by atoms with Crippen molar-refractivity contribution in [3.63, 3.8) is 0 Å². The zero-order valence-electron chi connectivity index (χ0n) is 11.9. The zero-order chi connectivity index (χ0) is 15.8. The molecule has 1 aliphatic heterocycles. The van der Waals surface area contributed by atoms with Crippen molar-refractivity contribution in [1.29, 1.82) is 0 Å². The molecular formula is C14H18F3N3O. The van der Waals surface area contributed by atoms with Gasteiger partial charge in [-0.1, -0.05) is 13.8 Å². The maximum atomic E-state index is 12.5. The number of alkyl halides is 3. The van der Waals surface area contributed by atoms with Gasteiger partial charge in [0.2, 0.25) is 0 Å². The highest BCUT2D eigenvalue weighted by atomic mass is 19.4. The number of pyridine rings is 1. The zero-order valence-corrected chi connectivity index (χ0v) is 11.9. The quantitative estimate of drug-likeness (QED) is 0.866. The van der Waals surface area contributed by atoms with Crippen LogP contribution in [-0.4, -0.2) is 34.9 Å². The molecule has 2 rings (SSSR count). The summed E-state index contributed by atoms with van der Waals surface area (Å²) in [6.45, 7) is 4.90. The molecule has 0 saturated carbocycles. The van der Waals surface area contributed by atoms with Gasteiger partial charge in [0.25, 0.3) is 5.91 Å². The number of halogens is 3. The van der Waals surface area contributed by atoms with Crippen LogP contribution in [-0.2, 0) is 6.18 Å². The normalized spacial score (nSPS) is 22.2. The Labute approximate surface area is 121 Å². The molecule has 1 atom stereocenters. The number of hydrogen-bond acceptors (Lipinski definition) is 3. The van der Waals surface area contributed by atoms with E-state index in [1.807, 2.05) is 13.8 Å². The van der Waals surface area contributed by atoms with Gasteiger partial charge in [-0.15, -0.1) is 0 Å². The maximum absolute atomic E-state index is 12.5. The van der Waals surface area contributed by atoms with Crippen LogP contribution in [0.25, 0.3) is 0 Å². The minimum atomic E-state index is -4.45. The van der Waals surface area contributed by atoms with E-state index in [0.29, 0.717) is 25.7 Å². The first kappa shape index (κ1) is 15.8. The summed E-state index contributed by atoms with van der Waals surface area (Å²) >= 11 is 0. The third-order valence-electron chi connectivity index (χ3n) is 3.91. The highest BCUT2D eigenvalue weighted by Gasteiger charge is 2.36. The first-order valence-electron chi connectivity index (χ1n) is 6.69. The Hall–Kier alpha value is -1.63. The van der Waals surface area contributed by atoms with E-state index in [2.05, 4.69) is 4.98 Å². The fraction of sp³-hybridized carbons (Fsp3) is 0.571. The van der Waals surface area contributed by atoms with Gasteiger partial charge in [-0.05, 0) is 24.0 Å². The molecular weight excluding hydrogens is 283 g/mol. The lowest BCUT2D eigenvalue weighted by Gasteiger charge is -2.42. The van der Waals surface area contributed by atoms with Crippen molar-refractivity contribution in [1.82, 2.24) is 9.88 Å². The Balaban J connectivity index is 2.14. The van der Waals surface area contributed by atoms with Crippen LogP contribution in [0.2, 0.25) is 0 Å². The van der Waals surface area contributed by atoms with Crippen LogP contribution in [0.1, 0.15) is 36.3 Å². The van der Waals surface area contributed by atoms with Gasteiger partial charge in [-0.25, -0.2) is 0 Å². The standard InChI is InChI=1S/C14H18F3N3O/c1-13(2)8-20(6-5-11(13)18)12(21)10-4-3-9(7-19-10)14(15,16)17/h3-4,7,11H,5-6,8,18H2,1-2H3. The minimum Gasteiger partial charge on any atom is -0.337 e. The van der Waals surface area contributed by atoms with E-state index in [1.165, 1.54) is 0 Å². The van der Waals surface area contributed by atoms with Crippen LogP contribution < -0.4 is 5.73 Å². The van der Waals surface area contributed by atoms with E-state index >= 15 is 0 Å². The molecule has 21 heavy (non-hydrogen) atoms. The number of nitrogens with two attached hydrogens (primary N) is 1. The molecule has 0 bridgehead atoms. The second-order valence-corrected chi connectivity index (χ2v) is 6.04. The number of rotatable bonds is 1. The van der Waals surface area contributed by atoms with Crippen molar-refractivity contribution in [3.8, 4) is 0 Å². The van der Waals surface area contributed by atoms with Crippen molar-refractivity contribution in [3.05, 3.63) is 29.6 Å². The van der Waals surface area contributed by atoms with E-state index in [4.69, 9.17) is 5.73 Å². The van der Waals surface area contributed by atoms with Gasteiger partial charge in [0.05, 0.1) is 5.56 Å². The third-order valence-corrected chi connectivity index (χ3v) is 3.91. The van der Waals surface area contributed by atoms with Crippen LogP contribution in [0.15, 0.2) is 18.3 Å². The smallest absolute Gasteiger partial charge is 0.337 e. The highest BCUT2D eigenvalue weighted by molar-refractivity contribution is 5.92. The largest absolute Gasteiger partial charge is 0.417 e. The molecule has 1 aromatic heterocycles. The molecule has 1 amide bonds. The Morgan fingerprint density at radius 3 is 2.57 bits per heavy atom. The summed E-state index contributed by atoms with van der Waals surface area (Å²) in [5, 5.41) is 0. The number of aromatic nitrogens is 1. The molecule has 0 radical (unpaired) electrons. The number of hydrogen-bond donors (Lipinski definition) is 1. The van der Waals surface area contributed by atoms with Crippen LogP contribution in [0, 0.1) is 5.41 Å². The van der Waals surface area contributed by atoms with Gasteiger partial charge in [0.15, 0.2) is 0 Å². The predicted molar refractivity (Wildman–Crippen MR) is 71.5 cm³/mol. The molecule has 0 spiro atoms. The van der Waals surface area contributed by atoms with E-state index < -0.39 is 11.7 Å². The minimum absolute atomic E-state index is 0.00196. The number of amides is 1. The summed E-state index contributed by atoms with van der Waals surface area (Å²) in [6, 6.07) is 2.00. The fourth-order valence-electron chi connectivity index (χ4n) is 2.40. The van der Waals surface area contributed by atoms with Crippen LogP contribution >= 0.6 is 0 Å². The number of likely N-dealkylation sites (tertiary alicyclic amines) is 1. The monoisotopic (exact) mass is 301 g/mol. The first-order chi connectivity index (χ1) is 9.61. The lowest BCUT2D eigenvalue weighted by molar-refractivity contribution is -0.137. The number of nitrogens with zero attached hydrogens (tertiary/aromatic N) is 2. The maximum Gasteiger partial charge on any atom is 0.417 e. The van der Waals surface area contributed by atoms with Crippen LogP contribution in [0.4, 0.5) is 13.2 Å². The Morgan fingerprint density at radius 2 is 2.10 bits per heavy atom. The number of carbonyl (C=O) groups is 1. The summed E-state index contributed by atoms with van der Waals surface area (Å²) in [5.74, 6) is -0.358. The molecule has 1 aromatic rings. The van der Waals surface area contributed by atoms with Crippen LogP contribution in [0.5, 0.6) is 0 Å². The molecule has 0 aromatic carbocycles. The summed E-state index contributed by atoms with van der Waals surface area (Å²) < 4.78 is 37.4. The lowest BCUT2D eigenvalue weighted by atomic mass is 9.79. The highest BCUT2D eigenvalue weighted by Crippen LogP contribution is 2.30. The average Bonchev–Trinajstić information content (AvgIpc) is 2.40. The van der Waals surface area contributed by atoms with Gasteiger partial charge in [0.1, 0.15) is 5.69 Å². The van der Waals surface area contributed by atoms with Crippen molar-refractivity contribution in [2.75, 3.05) is 13.1 Å². The topological polar surface area (TPSA) is 59.2 Å². The SMILES string of the molecule is CC1(C)CN(C(=O)c2ccc(C(F)(F)F)cn2)CCC1N. The molecule has 7 heteroatoms. The molecule has 116 valence electrons. The van der Waals surface area contributed by atoms with E-state index in [-0.39, 0.29) is 23.1 Å². The molecule has 1 fully saturated rings. The number of piperidine rings is 1. The molecule has 0 aliphatic carbocycles. The van der Waals surface area contributed by atoms with Gasteiger partial charge < -0.3 is 10.6 Å². The van der Waals surface area contributed by atoms with Gasteiger partial charge >= 0.3 is 6.18 Å². The molecule has 4 nitrogen and oxygen atoms in total. The van der Waals surface area contributed by atoms with E-state index in [9.17, 15) is 18.0 Å². The Morgan fingerprint density at radius 1 is 1.43 bits per heavy atom. The van der Waals surface area contributed by atoms with Crippen LogP contribution in [0.3, 0.4) is 0 Å². The second kappa shape index (κ2) is 5.29. The van der Waals surface area contributed by atoms with Crippen molar-refractivity contribution >= 4 is 5.91 Å². The van der Waals surface area contributed by atoms with E-state index in [1.54, 1.807) is 4.90 Å². The third kappa shape index (κ3) is 3.34.